The Kier molecular flexibility index (Phi) is 3.65. The fourth-order valence-corrected chi connectivity index (χ4v) is 3.12. The molecule has 1 saturated heterocycles. The number of carbonyl (C=O) groups is 1. The molecule has 2 aromatic heterocycles. The minimum Gasteiger partial charge on any atom is -0.345 e. The van der Waals surface area contributed by atoms with Gasteiger partial charge in [0.1, 0.15) is 11.3 Å². The standard InChI is InChI=1S/C18H18N4O2/c23-14-8-9-19-17-15(14)20-16(21-17)12-4-6-13(7-5-12)18(24)22-10-2-1-3-11-22/h4-9H,1-3,10-11H2,(H2,19,20,21,23). The van der Waals surface area contributed by atoms with Gasteiger partial charge in [-0.15, -0.1) is 0 Å². The number of aromatic nitrogens is 3. The number of amides is 1. The van der Waals surface area contributed by atoms with Gasteiger partial charge in [-0.1, -0.05) is 12.1 Å². The van der Waals surface area contributed by atoms with E-state index >= 15 is 0 Å². The first kappa shape index (κ1) is 14.7. The molecule has 24 heavy (non-hydrogen) atoms. The molecule has 0 atom stereocenters. The van der Waals surface area contributed by atoms with Crippen LogP contribution in [-0.2, 0) is 0 Å². The summed E-state index contributed by atoms with van der Waals surface area (Å²) in [5.41, 5.74) is 2.42. The van der Waals surface area contributed by atoms with Gasteiger partial charge in [0.15, 0.2) is 5.65 Å². The molecule has 0 aliphatic carbocycles. The maximum Gasteiger partial charge on any atom is 0.253 e. The van der Waals surface area contributed by atoms with E-state index in [1.807, 2.05) is 29.2 Å². The lowest BCUT2D eigenvalue weighted by atomic mass is 10.1. The smallest absolute Gasteiger partial charge is 0.253 e. The minimum absolute atomic E-state index is 0.0843. The van der Waals surface area contributed by atoms with Crippen molar-refractivity contribution in [3.63, 3.8) is 0 Å². The number of hydrogen-bond donors (Lipinski definition) is 2. The molecule has 4 rings (SSSR count). The van der Waals surface area contributed by atoms with Crippen molar-refractivity contribution in [2.45, 2.75) is 19.3 Å². The van der Waals surface area contributed by atoms with Crippen LogP contribution in [0.3, 0.4) is 0 Å². The molecule has 1 fully saturated rings. The third-order valence-electron chi connectivity index (χ3n) is 4.45. The van der Waals surface area contributed by atoms with Crippen molar-refractivity contribution < 1.29 is 4.79 Å². The van der Waals surface area contributed by atoms with Crippen LogP contribution in [0.15, 0.2) is 41.3 Å². The van der Waals surface area contributed by atoms with Gasteiger partial charge in [0, 0.05) is 36.5 Å². The molecule has 0 spiro atoms. The summed E-state index contributed by atoms with van der Waals surface area (Å²) in [5.74, 6) is 0.697. The van der Waals surface area contributed by atoms with E-state index in [0.717, 1.165) is 31.5 Å². The lowest BCUT2D eigenvalue weighted by Gasteiger charge is -2.26. The third kappa shape index (κ3) is 2.60. The molecule has 3 aromatic rings. The summed E-state index contributed by atoms with van der Waals surface area (Å²) >= 11 is 0. The Bertz CT molecular complexity index is 934. The molecule has 0 bridgehead atoms. The predicted molar refractivity (Wildman–Crippen MR) is 91.9 cm³/mol. The van der Waals surface area contributed by atoms with Gasteiger partial charge in [0.05, 0.1) is 0 Å². The number of hydrogen-bond acceptors (Lipinski definition) is 3. The highest BCUT2D eigenvalue weighted by atomic mass is 16.2. The lowest BCUT2D eigenvalue weighted by Crippen LogP contribution is -2.35. The van der Waals surface area contributed by atoms with E-state index in [-0.39, 0.29) is 11.3 Å². The number of nitrogens with one attached hydrogen (secondary N) is 2. The fourth-order valence-electron chi connectivity index (χ4n) is 3.12. The van der Waals surface area contributed by atoms with E-state index < -0.39 is 0 Å². The zero-order valence-electron chi connectivity index (χ0n) is 13.2. The van der Waals surface area contributed by atoms with Gasteiger partial charge < -0.3 is 14.9 Å². The van der Waals surface area contributed by atoms with Crippen LogP contribution in [-0.4, -0.2) is 38.8 Å². The van der Waals surface area contributed by atoms with E-state index in [0.29, 0.717) is 22.6 Å². The highest BCUT2D eigenvalue weighted by Crippen LogP contribution is 2.20. The SMILES string of the molecule is O=C(c1ccc(-c2nc3[nH]ccc(=O)c3[nH]2)cc1)N1CCCCC1. The molecular formula is C18H18N4O2. The first-order chi connectivity index (χ1) is 11.7. The Labute approximate surface area is 138 Å². The van der Waals surface area contributed by atoms with E-state index in [4.69, 9.17) is 0 Å². The van der Waals surface area contributed by atoms with Gasteiger partial charge in [-0.3, -0.25) is 9.59 Å². The van der Waals surface area contributed by atoms with Gasteiger partial charge in [-0.05, 0) is 31.4 Å². The van der Waals surface area contributed by atoms with Gasteiger partial charge in [-0.2, -0.15) is 0 Å². The molecule has 1 aromatic carbocycles. The number of likely N-dealkylation sites (tertiary alicyclic amines) is 1. The molecular weight excluding hydrogens is 304 g/mol. The number of fused-ring (bicyclic) bond motifs is 1. The van der Waals surface area contributed by atoms with Crippen molar-refractivity contribution in [3.8, 4) is 11.4 Å². The molecule has 1 aliphatic heterocycles. The molecule has 1 amide bonds. The van der Waals surface area contributed by atoms with Crippen molar-refractivity contribution in [1.82, 2.24) is 19.9 Å². The zero-order chi connectivity index (χ0) is 16.5. The Morgan fingerprint density at radius 2 is 1.79 bits per heavy atom. The summed E-state index contributed by atoms with van der Waals surface area (Å²) in [6, 6.07) is 8.83. The highest BCUT2D eigenvalue weighted by Gasteiger charge is 2.18. The maximum atomic E-state index is 12.5. The van der Waals surface area contributed by atoms with Crippen LogP contribution < -0.4 is 5.43 Å². The molecule has 3 heterocycles. The highest BCUT2D eigenvalue weighted by molar-refractivity contribution is 5.94. The topological polar surface area (TPSA) is 81.8 Å². The summed E-state index contributed by atoms with van der Waals surface area (Å²) < 4.78 is 0. The van der Waals surface area contributed by atoms with Crippen molar-refractivity contribution in [2.24, 2.45) is 0 Å². The van der Waals surface area contributed by atoms with E-state index in [1.54, 1.807) is 6.20 Å². The second-order valence-corrected chi connectivity index (χ2v) is 6.08. The minimum atomic E-state index is -0.0978. The Morgan fingerprint density at radius 1 is 1.04 bits per heavy atom. The number of rotatable bonds is 2. The Balaban J connectivity index is 1.61. The lowest BCUT2D eigenvalue weighted by molar-refractivity contribution is 0.0724. The summed E-state index contributed by atoms with van der Waals surface area (Å²) in [5, 5.41) is 0. The van der Waals surface area contributed by atoms with Gasteiger partial charge in [0.2, 0.25) is 5.43 Å². The third-order valence-corrected chi connectivity index (χ3v) is 4.45. The second-order valence-electron chi connectivity index (χ2n) is 6.08. The van der Waals surface area contributed by atoms with Crippen LogP contribution >= 0.6 is 0 Å². The van der Waals surface area contributed by atoms with Crippen molar-refractivity contribution in [2.75, 3.05) is 13.1 Å². The largest absolute Gasteiger partial charge is 0.345 e. The maximum absolute atomic E-state index is 12.5. The number of imidazole rings is 1. The summed E-state index contributed by atoms with van der Waals surface area (Å²) in [4.78, 5) is 36.6. The number of aromatic amines is 2. The molecule has 122 valence electrons. The number of benzene rings is 1. The van der Waals surface area contributed by atoms with Crippen LogP contribution in [0.4, 0.5) is 0 Å². The molecule has 6 heteroatoms. The quantitative estimate of drug-likeness (QED) is 0.760. The van der Waals surface area contributed by atoms with Crippen molar-refractivity contribution in [1.29, 1.82) is 0 Å². The number of H-pyrrole nitrogens is 2. The summed E-state index contributed by atoms with van der Waals surface area (Å²) in [6.45, 7) is 1.68. The van der Waals surface area contributed by atoms with Crippen LogP contribution in [0, 0.1) is 0 Å². The summed E-state index contributed by atoms with van der Waals surface area (Å²) in [6.07, 6.45) is 4.94. The average Bonchev–Trinajstić information content (AvgIpc) is 3.08. The van der Waals surface area contributed by atoms with Crippen LogP contribution in [0.25, 0.3) is 22.6 Å². The number of piperidine rings is 1. The predicted octanol–water partition coefficient (Wildman–Crippen LogP) is 2.54. The van der Waals surface area contributed by atoms with E-state index in [9.17, 15) is 9.59 Å². The molecule has 6 nitrogen and oxygen atoms in total. The average molecular weight is 322 g/mol. The van der Waals surface area contributed by atoms with Gasteiger partial charge in [-0.25, -0.2) is 4.98 Å². The monoisotopic (exact) mass is 322 g/mol. The van der Waals surface area contributed by atoms with Crippen molar-refractivity contribution >= 4 is 17.1 Å². The molecule has 0 radical (unpaired) electrons. The zero-order valence-corrected chi connectivity index (χ0v) is 13.2. The number of nitrogens with zero attached hydrogens (tertiary/aromatic N) is 2. The van der Waals surface area contributed by atoms with Crippen LogP contribution in [0.1, 0.15) is 29.6 Å². The first-order valence-corrected chi connectivity index (χ1v) is 8.19. The fraction of sp³-hybridized carbons (Fsp3) is 0.278. The number of pyridine rings is 1. The summed E-state index contributed by atoms with van der Waals surface area (Å²) in [7, 11) is 0. The normalized spacial score (nSPS) is 14.9. The molecule has 0 unspecified atom stereocenters. The first-order valence-electron chi connectivity index (χ1n) is 8.19. The van der Waals surface area contributed by atoms with Crippen LogP contribution in [0.5, 0.6) is 0 Å². The van der Waals surface area contributed by atoms with Crippen molar-refractivity contribution in [3.05, 3.63) is 52.3 Å². The molecule has 0 saturated carbocycles. The van der Waals surface area contributed by atoms with E-state index in [2.05, 4.69) is 15.0 Å². The second kappa shape index (κ2) is 5.96. The Hall–Kier alpha value is -2.89. The molecule has 2 N–H and O–H groups in total. The van der Waals surface area contributed by atoms with Crippen LogP contribution in [0.2, 0.25) is 0 Å². The van der Waals surface area contributed by atoms with Gasteiger partial charge >= 0.3 is 0 Å². The Morgan fingerprint density at radius 3 is 2.50 bits per heavy atom. The van der Waals surface area contributed by atoms with E-state index in [1.165, 1.54) is 12.5 Å². The van der Waals surface area contributed by atoms with Gasteiger partial charge in [0.25, 0.3) is 5.91 Å². The molecule has 1 aliphatic rings. The number of carbonyl (C=O) groups excluding carboxylic acids is 1.